The van der Waals surface area contributed by atoms with E-state index in [1.54, 1.807) is 16.8 Å². The van der Waals surface area contributed by atoms with Gasteiger partial charge in [0.25, 0.3) is 11.8 Å². The number of ether oxygens (including phenoxy) is 1. The Morgan fingerprint density at radius 3 is 2.33 bits per heavy atom. The molecule has 1 aliphatic rings. The maximum Gasteiger partial charge on any atom is 0.255 e. The van der Waals surface area contributed by atoms with Crippen molar-refractivity contribution in [3.8, 4) is 5.75 Å². The smallest absolute Gasteiger partial charge is 0.255 e. The topological polar surface area (TPSA) is 49.9 Å². The molecule has 1 aliphatic heterocycles. The summed E-state index contributed by atoms with van der Waals surface area (Å²) in [5.74, 6) is 0.478. The molecule has 152 valence electrons. The molecule has 1 atom stereocenters. The highest BCUT2D eigenvalue weighted by atomic mass is 16.5. The largest absolute Gasteiger partial charge is 0.494 e. The van der Waals surface area contributed by atoms with Gasteiger partial charge >= 0.3 is 0 Å². The molecule has 0 N–H and O–H groups in total. The monoisotopic (exact) mass is 400 g/mol. The van der Waals surface area contributed by atoms with Gasteiger partial charge in [-0.2, -0.15) is 0 Å². The van der Waals surface area contributed by atoms with Crippen LogP contribution in [0.2, 0.25) is 0 Å². The molecule has 4 rings (SSSR count). The molecule has 0 bridgehead atoms. The van der Waals surface area contributed by atoms with E-state index in [-0.39, 0.29) is 11.8 Å². The van der Waals surface area contributed by atoms with Crippen LogP contribution in [-0.4, -0.2) is 30.4 Å². The molecule has 0 spiro atoms. The molecule has 30 heavy (non-hydrogen) atoms. The molecule has 3 aromatic carbocycles. The second kappa shape index (κ2) is 8.41. The molecular formula is C25H24N2O3. The molecular weight excluding hydrogens is 376 g/mol. The minimum absolute atomic E-state index is 0.118. The van der Waals surface area contributed by atoms with Gasteiger partial charge in [0.2, 0.25) is 0 Å². The van der Waals surface area contributed by atoms with Crippen molar-refractivity contribution in [3.05, 3.63) is 95.6 Å². The van der Waals surface area contributed by atoms with Crippen LogP contribution in [0.4, 0.5) is 5.69 Å². The lowest BCUT2D eigenvalue weighted by Crippen LogP contribution is -2.41. The van der Waals surface area contributed by atoms with Crippen LogP contribution in [0.3, 0.4) is 0 Å². The summed E-state index contributed by atoms with van der Waals surface area (Å²) < 4.78 is 5.49. The van der Waals surface area contributed by atoms with Crippen molar-refractivity contribution in [1.82, 2.24) is 4.90 Å². The summed E-state index contributed by atoms with van der Waals surface area (Å²) >= 11 is 0. The first-order chi connectivity index (χ1) is 14.6. The van der Waals surface area contributed by atoms with Crippen LogP contribution in [0.1, 0.15) is 34.5 Å². The highest BCUT2D eigenvalue weighted by Gasteiger charge is 2.38. The van der Waals surface area contributed by atoms with Crippen LogP contribution >= 0.6 is 0 Å². The van der Waals surface area contributed by atoms with Gasteiger partial charge in [-0.1, -0.05) is 48.5 Å². The zero-order valence-electron chi connectivity index (χ0n) is 17.1. The van der Waals surface area contributed by atoms with Gasteiger partial charge in [-0.25, -0.2) is 0 Å². The van der Waals surface area contributed by atoms with Crippen LogP contribution in [0.25, 0.3) is 0 Å². The number of hydrogen-bond donors (Lipinski definition) is 0. The second-order valence-corrected chi connectivity index (χ2v) is 7.23. The van der Waals surface area contributed by atoms with E-state index in [2.05, 4.69) is 0 Å². The number of carbonyl (C=O) groups excluding carboxylic acids is 2. The number of rotatable bonds is 6. The molecule has 1 heterocycles. The standard InChI is InChI=1S/C25H24N2O3/c1-3-30-21-15-13-20(14-16-21)26(2)25(29)23(18-9-5-4-6-10-18)27-17-19-11-7-8-12-22(19)24(27)28/h4-16,23H,3,17H2,1-2H3. The molecule has 2 amide bonds. The molecule has 0 fully saturated rings. The molecule has 5 nitrogen and oxygen atoms in total. The highest BCUT2D eigenvalue weighted by Crippen LogP contribution is 2.33. The molecule has 0 saturated carbocycles. The minimum atomic E-state index is -0.706. The Hall–Kier alpha value is -3.60. The van der Waals surface area contributed by atoms with Gasteiger partial charge in [0.1, 0.15) is 11.8 Å². The van der Waals surface area contributed by atoms with Gasteiger partial charge in [-0.3, -0.25) is 9.59 Å². The van der Waals surface area contributed by atoms with Crippen molar-refractivity contribution in [1.29, 1.82) is 0 Å². The number of nitrogens with zero attached hydrogens (tertiary/aromatic N) is 2. The summed E-state index contributed by atoms with van der Waals surface area (Å²) in [5, 5.41) is 0. The van der Waals surface area contributed by atoms with Crippen molar-refractivity contribution < 1.29 is 14.3 Å². The number of fused-ring (bicyclic) bond motifs is 1. The van der Waals surface area contributed by atoms with E-state index < -0.39 is 6.04 Å². The quantitative estimate of drug-likeness (QED) is 0.614. The van der Waals surface area contributed by atoms with E-state index in [9.17, 15) is 9.59 Å². The third-order valence-electron chi connectivity index (χ3n) is 5.38. The number of carbonyl (C=O) groups is 2. The summed E-state index contributed by atoms with van der Waals surface area (Å²) in [4.78, 5) is 30.0. The molecule has 1 unspecified atom stereocenters. The van der Waals surface area contributed by atoms with Crippen molar-refractivity contribution >= 4 is 17.5 Å². The molecule has 0 saturated heterocycles. The summed E-state index contributed by atoms with van der Waals surface area (Å²) in [6.07, 6.45) is 0. The van der Waals surface area contributed by atoms with Crippen LogP contribution in [-0.2, 0) is 11.3 Å². The van der Waals surface area contributed by atoms with Gasteiger partial charge in [0, 0.05) is 24.8 Å². The summed E-state index contributed by atoms with van der Waals surface area (Å²) in [5.41, 5.74) is 3.14. The fourth-order valence-corrected chi connectivity index (χ4v) is 3.82. The number of amides is 2. The normalized spacial score (nSPS) is 13.7. The van der Waals surface area contributed by atoms with E-state index >= 15 is 0 Å². The maximum absolute atomic E-state index is 13.6. The predicted molar refractivity (Wildman–Crippen MR) is 117 cm³/mol. The van der Waals surface area contributed by atoms with Gasteiger partial charge in [-0.15, -0.1) is 0 Å². The lowest BCUT2D eigenvalue weighted by atomic mass is 10.0. The number of benzene rings is 3. The Morgan fingerprint density at radius 2 is 1.67 bits per heavy atom. The second-order valence-electron chi connectivity index (χ2n) is 7.23. The summed E-state index contributed by atoms with van der Waals surface area (Å²) in [6.45, 7) is 2.93. The van der Waals surface area contributed by atoms with E-state index in [1.807, 2.05) is 85.8 Å². The first-order valence-electron chi connectivity index (χ1n) is 10.0. The predicted octanol–water partition coefficient (Wildman–Crippen LogP) is 4.45. The van der Waals surface area contributed by atoms with Crippen LogP contribution in [0, 0.1) is 0 Å². The molecule has 5 heteroatoms. The Bertz CT molecular complexity index is 1050. The van der Waals surface area contributed by atoms with Crippen molar-refractivity contribution in [2.45, 2.75) is 19.5 Å². The molecule has 0 radical (unpaired) electrons. The fraction of sp³-hybridized carbons (Fsp3) is 0.200. The number of hydrogen-bond acceptors (Lipinski definition) is 3. The molecule has 3 aromatic rings. The van der Waals surface area contributed by atoms with Crippen LogP contribution in [0.5, 0.6) is 5.75 Å². The van der Waals surface area contributed by atoms with Crippen LogP contribution in [0.15, 0.2) is 78.9 Å². The molecule has 0 aromatic heterocycles. The fourth-order valence-electron chi connectivity index (χ4n) is 3.82. The van der Waals surface area contributed by atoms with E-state index in [0.29, 0.717) is 18.7 Å². The first-order valence-corrected chi connectivity index (χ1v) is 10.0. The zero-order valence-corrected chi connectivity index (χ0v) is 17.1. The lowest BCUT2D eigenvalue weighted by molar-refractivity contribution is -0.123. The Kier molecular flexibility index (Phi) is 5.53. The highest BCUT2D eigenvalue weighted by molar-refractivity contribution is 6.04. The van der Waals surface area contributed by atoms with Crippen LogP contribution < -0.4 is 9.64 Å². The summed E-state index contributed by atoms with van der Waals surface area (Å²) in [6, 6.07) is 23.7. The molecule has 0 aliphatic carbocycles. The minimum Gasteiger partial charge on any atom is -0.494 e. The van der Waals surface area contributed by atoms with E-state index in [4.69, 9.17) is 4.74 Å². The van der Waals surface area contributed by atoms with Crippen molar-refractivity contribution in [3.63, 3.8) is 0 Å². The number of anilines is 1. The Morgan fingerprint density at radius 1 is 1.00 bits per heavy atom. The van der Waals surface area contributed by atoms with Gasteiger partial charge < -0.3 is 14.5 Å². The van der Waals surface area contributed by atoms with Gasteiger partial charge in [0.05, 0.1) is 6.61 Å². The van der Waals surface area contributed by atoms with Gasteiger partial charge in [-0.05, 0) is 48.4 Å². The first kappa shape index (κ1) is 19.7. The lowest BCUT2D eigenvalue weighted by Gasteiger charge is -2.31. The van der Waals surface area contributed by atoms with Crippen molar-refractivity contribution in [2.24, 2.45) is 0 Å². The third kappa shape index (κ3) is 3.66. The Labute approximate surface area is 176 Å². The maximum atomic E-state index is 13.6. The van der Waals surface area contributed by atoms with Gasteiger partial charge in [0.15, 0.2) is 0 Å². The van der Waals surface area contributed by atoms with E-state index in [0.717, 1.165) is 22.6 Å². The Balaban J connectivity index is 1.67. The van der Waals surface area contributed by atoms with E-state index in [1.165, 1.54) is 0 Å². The third-order valence-corrected chi connectivity index (χ3v) is 5.38. The average Bonchev–Trinajstić information content (AvgIpc) is 3.11. The SMILES string of the molecule is CCOc1ccc(N(C)C(=O)C(c2ccccc2)N2Cc3ccccc3C2=O)cc1. The number of likely N-dealkylation sites (N-methyl/N-ethyl adjacent to an activating group) is 1. The average molecular weight is 400 g/mol. The van der Waals surface area contributed by atoms with Crippen molar-refractivity contribution in [2.75, 3.05) is 18.6 Å². The summed E-state index contributed by atoms with van der Waals surface area (Å²) in [7, 11) is 1.74. The zero-order chi connectivity index (χ0) is 21.1.